The maximum atomic E-state index is 12.0. The van der Waals surface area contributed by atoms with Crippen LogP contribution in [0.4, 0.5) is 0 Å². The van der Waals surface area contributed by atoms with Gasteiger partial charge in [0.2, 0.25) is 0 Å². The largest absolute Gasteiger partial charge is 0.383 e. The van der Waals surface area contributed by atoms with E-state index in [1.54, 1.807) is 25.1 Å². The lowest BCUT2D eigenvalue weighted by Crippen LogP contribution is -2.38. The molecule has 0 fully saturated rings. The van der Waals surface area contributed by atoms with Gasteiger partial charge in [0, 0.05) is 14.9 Å². The molecule has 0 saturated heterocycles. The molecule has 1 aromatic heterocycles. The first kappa shape index (κ1) is 14.2. The van der Waals surface area contributed by atoms with E-state index >= 15 is 0 Å². The highest BCUT2D eigenvalue weighted by atomic mass is 79.9. The van der Waals surface area contributed by atoms with E-state index in [1.807, 2.05) is 23.6 Å². The number of hydrogen-bond donors (Lipinski definition) is 2. The van der Waals surface area contributed by atoms with Crippen molar-refractivity contribution in [3.05, 3.63) is 56.7 Å². The Morgan fingerprint density at radius 3 is 2.84 bits per heavy atom. The lowest BCUT2D eigenvalue weighted by Gasteiger charge is -2.22. The SMILES string of the molecule is CC(O)(CNC(=O)c1cccc(Br)c1)c1cccs1. The number of carbonyl (C=O) groups is 1. The van der Waals surface area contributed by atoms with E-state index in [-0.39, 0.29) is 12.5 Å². The van der Waals surface area contributed by atoms with Crippen molar-refractivity contribution in [2.24, 2.45) is 0 Å². The van der Waals surface area contributed by atoms with Crippen LogP contribution in [0.3, 0.4) is 0 Å². The summed E-state index contributed by atoms with van der Waals surface area (Å²) in [6.45, 7) is 1.87. The Bertz CT molecular complexity index is 567. The van der Waals surface area contributed by atoms with Gasteiger partial charge in [-0.25, -0.2) is 0 Å². The predicted octanol–water partition coefficient (Wildman–Crippen LogP) is 3.15. The zero-order valence-corrected chi connectivity index (χ0v) is 12.8. The Morgan fingerprint density at radius 2 is 2.21 bits per heavy atom. The van der Waals surface area contributed by atoms with Gasteiger partial charge in [0.25, 0.3) is 5.91 Å². The second-order valence-electron chi connectivity index (χ2n) is 4.44. The summed E-state index contributed by atoms with van der Waals surface area (Å²) in [5, 5.41) is 15.0. The third kappa shape index (κ3) is 3.65. The Kier molecular flexibility index (Phi) is 4.39. The summed E-state index contributed by atoms with van der Waals surface area (Å²) in [5.74, 6) is -0.196. The monoisotopic (exact) mass is 339 g/mol. The molecule has 0 aliphatic rings. The highest BCUT2D eigenvalue weighted by Crippen LogP contribution is 2.24. The van der Waals surface area contributed by atoms with Gasteiger partial charge in [-0.05, 0) is 36.6 Å². The number of thiophene rings is 1. The van der Waals surface area contributed by atoms with Gasteiger partial charge in [-0.2, -0.15) is 0 Å². The first-order chi connectivity index (χ1) is 8.99. The van der Waals surface area contributed by atoms with Gasteiger partial charge in [0.15, 0.2) is 0 Å². The van der Waals surface area contributed by atoms with E-state index in [0.717, 1.165) is 9.35 Å². The van der Waals surface area contributed by atoms with Gasteiger partial charge in [-0.3, -0.25) is 4.79 Å². The van der Waals surface area contributed by atoms with Crippen molar-refractivity contribution < 1.29 is 9.90 Å². The molecule has 100 valence electrons. The highest BCUT2D eigenvalue weighted by molar-refractivity contribution is 9.10. The number of benzene rings is 1. The Hall–Kier alpha value is -1.17. The second-order valence-corrected chi connectivity index (χ2v) is 6.31. The molecule has 1 aromatic carbocycles. The van der Waals surface area contributed by atoms with E-state index in [0.29, 0.717) is 5.56 Å². The van der Waals surface area contributed by atoms with Crippen LogP contribution in [-0.2, 0) is 5.60 Å². The zero-order valence-electron chi connectivity index (χ0n) is 10.4. The van der Waals surface area contributed by atoms with Crippen molar-refractivity contribution in [1.82, 2.24) is 5.32 Å². The van der Waals surface area contributed by atoms with Crippen molar-refractivity contribution >= 4 is 33.2 Å². The zero-order chi connectivity index (χ0) is 13.9. The van der Waals surface area contributed by atoms with Crippen LogP contribution in [-0.4, -0.2) is 17.6 Å². The molecule has 1 amide bonds. The molecule has 0 radical (unpaired) electrons. The lowest BCUT2D eigenvalue weighted by atomic mass is 10.1. The van der Waals surface area contributed by atoms with Crippen molar-refractivity contribution in [3.63, 3.8) is 0 Å². The van der Waals surface area contributed by atoms with Crippen molar-refractivity contribution in [3.8, 4) is 0 Å². The van der Waals surface area contributed by atoms with E-state index in [9.17, 15) is 9.90 Å². The fourth-order valence-electron chi connectivity index (χ4n) is 1.66. The summed E-state index contributed by atoms with van der Waals surface area (Å²) >= 11 is 4.80. The number of carbonyl (C=O) groups excluding carboxylic acids is 1. The minimum atomic E-state index is -1.05. The van der Waals surface area contributed by atoms with Gasteiger partial charge >= 0.3 is 0 Å². The normalized spacial score (nSPS) is 13.8. The molecule has 0 saturated carbocycles. The smallest absolute Gasteiger partial charge is 0.251 e. The summed E-state index contributed by atoms with van der Waals surface area (Å²) in [6, 6.07) is 10.9. The molecular weight excluding hydrogens is 326 g/mol. The van der Waals surface area contributed by atoms with Gasteiger partial charge < -0.3 is 10.4 Å². The molecule has 2 rings (SSSR count). The average molecular weight is 340 g/mol. The van der Waals surface area contributed by atoms with E-state index < -0.39 is 5.60 Å². The summed E-state index contributed by atoms with van der Waals surface area (Å²) < 4.78 is 0.852. The maximum Gasteiger partial charge on any atom is 0.251 e. The molecule has 1 unspecified atom stereocenters. The first-order valence-corrected chi connectivity index (χ1v) is 7.46. The van der Waals surface area contributed by atoms with Crippen LogP contribution in [0.2, 0.25) is 0 Å². The number of hydrogen-bond acceptors (Lipinski definition) is 3. The predicted molar refractivity (Wildman–Crippen MR) is 80.4 cm³/mol. The molecule has 0 bridgehead atoms. The number of halogens is 1. The fourth-order valence-corrected chi connectivity index (χ4v) is 2.84. The number of amides is 1. The molecule has 19 heavy (non-hydrogen) atoms. The summed E-state index contributed by atoms with van der Waals surface area (Å²) in [6.07, 6.45) is 0. The molecule has 1 atom stereocenters. The molecule has 2 N–H and O–H groups in total. The summed E-state index contributed by atoms with van der Waals surface area (Å²) in [4.78, 5) is 12.8. The number of aliphatic hydroxyl groups is 1. The molecule has 3 nitrogen and oxygen atoms in total. The van der Waals surface area contributed by atoms with Crippen LogP contribution in [0.5, 0.6) is 0 Å². The van der Waals surface area contributed by atoms with Crippen LogP contribution in [0.1, 0.15) is 22.2 Å². The van der Waals surface area contributed by atoms with Crippen LogP contribution in [0.25, 0.3) is 0 Å². The standard InChI is InChI=1S/C14H14BrNO2S/c1-14(18,12-6-3-7-19-12)9-16-13(17)10-4-2-5-11(15)8-10/h2-8,18H,9H2,1H3,(H,16,17). The third-order valence-corrected chi connectivity index (χ3v) is 4.35. The van der Waals surface area contributed by atoms with Gasteiger partial charge in [0.05, 0.1) is 6.54 Å². The topological polar surface area (TPSA) is 49.3 Å². The Labute approximate surface area is 124 Å². The van der Waals surface area contributed by atoms with E-state index in [4.69, 9.17) is 0 Å². The Balaban J connectivity index is 2.01. The quantitative estimate of drug-likeness (QED) is 0.898. The molecule has 0 spiro atoms. The van der Waals surface area contributed by atoms with Gasteiger partial charge in [0.1, 0.15) is 5.60 Å². The molecule has 0 aliphatic heterocycles. The fraction of sp³-hybridized carbons (Fsp3) is 0.214. The van der Waals surface area contributed by atoms with Crippen LogP contribution < -0.4 is 5.32 Å². The van der Waals surface area contributed by atoms with Crippen molar-refractivity contribution in [1.29, 1.82) is 0 Å². The van der Waals surface area contributed by atoms with Gasteiger partial charge in [-0.15, -0.1) is 11.3 Å². The van der Waals surface area contributed by atoms with Crippen LogP contribution in [0, 0.1) is 0 Å². The maximum absolute atomic E-state index is 12.0. The third-order valence-electron chi connectivity index (χ3n) is 2.73. The van der Waals surface area contributed by atoms with Gasteiger partial charge in [-0.1, -0.05) is 28.1 Å². The van der Waals surface area contributed by atoms with Crippen LogP contribution >= 0.6 is 27.3 Å². The summed E-state index contributed by atoms with van der Waals surface area (Å²) in [7, 11) is 0. The lowest BCUT2D eigenvalue weighted by molar-refractivity contribution is 0.0557. The number of nitrogens with one attached hydrogen (secondary N) is 1. The first-order valence-electron chi connectivity index (χ1n) is 5.79. The van der Waals surface area contributed by atoms with E-state index in [2.05, 4.69) is 21.2 Å². The van der Waals surface area contributed by atoms with Crippen molar-refractivity contribution in [2.75, 3.05) is 6.54 Å². The van der Waals surface area contributed by atoms with Crippen LogP contribution in [0.15, 0.2) is 46.3 Å². The molecular formula is C14H14BrNO2S. The minimum Gasteiger partial charge on any atom is -0.383 e. The molecule has 0 aliphatic carbocycles. The Morgan fingerprint density at radius 1 is 1.42 bits per heavy atom. The highest BCUT2D eigenvalue weighted by Gasteiger charge is 2.25. The molecule has 2 aromatic rings. The summed E-state index contributed by atoms with van der Waals surface area (Å²) in [5.41, 5.74) is -0.480. The minimum absolute atomic E-state index is 0.179. The van der Waals surface area contributed by atoms with E-state index in [1.165, 1.54) is 11.3 Å². The van der Waals surface area contributed by atoms with Crippen molar-refractivity contribution in [2.45, 2.75) is 12.5 Å². The molecule has 1 heterocycles. The number of rotatable bonds is 4. The second kappa shape index (κ2) is 5.86. The average Bonchev–Trinajstić information content (AvgIpc) is 2.90. The molecule has 5 heteroatoms.